The summed E-state index contributed by atoms with van der Waals surface area (Å²) in [6.07, 6.45) is 7.27. The Morgan fingerprint density at radius 3 is 2.48 bits per heavy atom. The second-order valence-corrected chi connectivity index (χ2v) is 5.80. The Balaban J connectivity index is 2.12. The highest BCUT2D eigenvalue weighted by atomic mass is 16.1. The van der Waals surface area contributed by atoms with Crippen molar-refractivity contribution < 1.29 is 0 Å². The van der Waals surface area contributed by atoms with Gasteiger partial charge in [-0.15, -0.1) is 0 Å². The van der Waals surface area contributed by atoms with Gasteiger partial charge in [0.25, 0.3) is 5.56 Å². The average molecular weight is 283 g/mol. The van der Waals surface area contributed by atoms with Crippen LogP contribution < -0.4 is 11.3 Å². The Labute approximate surface area is 124 Å². The number of nitrogens with two attached hydrogens (primary N) is 1. The summed E-state index contributed by atoms with van der Waals surface area (Å²) in [5, 5.41) is 0. The van der Waals surface area contributed by atoms with E-state index in [2.05, 4.69) is 34.2 Å². The zero-order chi connectivity index (χ0) is 14.7. The number of nitrogens with zero attached hydrogens (tertiary/aromatic N) is 1. The lowest BCUT2D eigenvalue weighted by molar-refractivity contribution is 0.329. The molecule has 2 aromatic rings. The largest absolute Gasteiger partial charge is 0.326 e. The molecule has 1 aromatic heterocycles. The highest BCUT2D eigenvalue weighted by Crippen LogP contribution is 2.42. The molecule has 0 saturated heterocycles. The van der Waals surface area contributed by atoms with Gasteiger partial charge in [-0.25, -0.2) is 4.98 Å². The van der Waals surface area contributed by atoms with Crippen molar-refractivity contribution in [3.05, 3.63) is 63.8 Å². The maximum atomic E-state index is 12.1. The molecule has 0 aliphatic heterocycles. The van der Waals surface area contributed by atoms with Crippen molar-refractivity contribution >= 4 is 0 Å². The maximum absolute atomic E-state index is 12.1. The van der Waals surface area contributed by atoms with Gasteiger partial charge in [0.2, 0.25) is 0 Å². The molecule has 0 bridgehead atoms. The van der Waals surface area contributed by atoms with Crippen LogP contribution in [0.2, 0.25) is 0 Å². The molecular weight excluding hydrogens is 262 g/mol. The molecule has 0 amide bonds. The first-order valence-electron chi connectivity index (χ1n) is 7.60. The molecule has 1 aliphatic rings. The number of aromatic nitrogens is 2. The van der Waals surface area contributed by atoms with Crippen LogP contribution >= 0.6 is 0 Å². The smallest absolute Gasteiger partial charge is 0.255 e. The first kappa shape index (κ1) is 14.0. The van der Waals surface area contributed by atoms with Gasteiger partial charge in [-0.1, -0.05) is 49.6 Å². The fraction of sp³-hybridized carbons (Fsp3) is 0.412. The lowest BCUT2D eigenvalue weighted by atomic mass is 9.69. The van der Waals surface area contributed by atoms with E-state index in [4.69, 9.17) is 5.73 Å². The molecule has 0 spiro atoms. The molecular formula is C17H21N3O. The summed E-state index contributed by atoms with van der Waals surface area (Å²) in [6, 6.07) is 10.4. The minimum atomic E-state index is -0.161. The Bertz CT molecular complexity index is 657. The van der Waals surface area contributed by atoms with Crippen molar-refractivity contribution in [1.82, 2.24) is 9.97 Å². The van der Waals surface area contributed by atoms with Crippen LogP contribution in [0.3, 0.4) is 0 Å². The third-order valence-electron chi connectivity index (χ3n) is 4.58. The van der Waals surface area contributed by atoms with Crippen LogP contribution in [0.25, 0.3) is 0 Å². The summed E-state index contributed by atoms with van der Waals surface area (Å²) in [5.74, 6) is 0.788. The van der Waals surface area contributed by atoms with Gasteiger partial charge in [0, 0.05) is 18.3 Å². The quantitative estimate of drug-likeness (QED) is 0.909. The molecule has 1 fully saturated rings. The monoisotopic (exact) mass is 283 g/mol. The third kappa shape index (κ3) is 2.51. The van der Waals surface area contributed by atoms with Crippen molar-refractivity contribution in [3.63, 3.8) is 0 Å². The molecule has 0 radical (unpaired) electrons. The standard InChI is InChI=1S/C17H21N3O/c18-11-13-12-19-16(20-15(13)21)17(9-5-2-6-10-17)14-7-3-1-4-8-14/h1,3-4,7-8,12H,2,5-6,9-11,18H2,(H,19,20,21). The van der Waals surface area contributed by atoms with E-state index in [1.807, 2.05) is 6.07 Å². The molecule has 110 valence electrons. The molecule has 0 atom stereocenters. The number of aromatic amines is 1. The number of hydrogen-bond donors (Lipinski definition) is 2. The molecule has 1 heterocycles. The van der Waals surface area contributed by atoms with Crippen molar-refractivity contribution in [1.29, 1.82) is 0 Å². The van der Waals surface area contributed by atoms with E-state index in [1.165, 1.54) is 12.0 Å². The van der Waals surface area contributed by atoms with E-state index in [0.29, 0.717) is 5.56 Å². The van der Waals surface area contributed by atoms with Gasteiger partial charge in [-0.05, 0) is 18.4 Å². The van der Waals surface area contributed by atoms with Crippen molar-refractivity contribution in [3.8, 4) is 0 Å². The molecule has 3 N–H and O–H groups in total. The van der Waals surface area contributed by atoms with Crippen molar-refractivity contribution in [2.75, 3.05) is 0 Å². The zero-order valence-corrected chi connectivity index (χ0v) is 12.1. The molecule has 1 aromatic carbocycles. The van der Waals surface area contributed by atoms with E-state index in [1.54, 1.807) is 6.20 Å². The van der Waals surface area contributed by atoms with E-state index >= 15 is 0 Å². The summed E-state index contributed by atoms with van der Waals surface area (Å²) in [6.45, 7) is 0.223. The van der Waals surface area contributed by atoms with E-state index in [-0.39, 0.29) is 17.5 Å². The highest BCUT2D eigenvalue weighted by Gasteiger charge is 2.37. The fourth-order valence-electron chi connectivity index (χ4n) is 3.38. The third-order valence-corrected chi connectivity index (χ3v) is 4.58. The van der Waals surface area contributed by atoms with Gasteiger partial charge < -0.3 is 10.7 Å². The van der Waals surface area contributed by atoms with Gasteiger partial charge in [0.1, 0.15) is 5.82 Å². The van der Waals surface area contributed by atoms with Crippen LogP contribution in [0, 0.1) is 0 Å². The highest BCUT2D eigenvalue weighted by molar-refractivity contribution is 5.33. The van der Waals surface area contributed by atoms with Crippen LogP contribution in [-0.4, -0.2) is 9.97 Å². The average Bonchev–Trinajstić information content (AvgIpc) is 2.56. The summed E-state index contributed by atoms with van der Waals surface area (Å²) in [4.78, 5) is 19.6. The zero-order valence-electron chi connectivity index (χ0n) is 12.1. The fourth-order valence-corrected chi connectivity index (χ4v) is 3.38. The minimum Gasteiger partial charge on any atom is -0.326 e. The van der Waals surface area contributed by atoms with Crippen LogP contribution in [0.5, 0.6) is 0 Å². The predicted molar refractivity (Wildman–Crippen MR) is 83.1 cm³/mol. The number of rotatable bonds is 3. The molecule has 0 unspecified atom stereocenters. The lowest BCUT2D eigenvalue weighted by Crippen LogP contribution is -2.35. The number of nitrogens with one attached hydrogen (secondary N) is 1. The van der Waals surface area contributed by atoms with Gasteiger partial charge in [-0.2, -0.15) is 0 Å². The first-order valence-corrected chi connectivity index (χ1v) is 7.60. The molecule has 3 rings (SSSR count). The Morgan fingerprint density at radius 1 is 1.14 bits per heavy atom. The van der Waals surface area contributed by atoms with Crippen molar-refractivity contribution in [2.45, 2.75) is 44.1 Å². The van der Waals surface area contributed by atoms with Crippen LogP contribution in [0.15, 0.2) is 41.3 Å². The Morgan fingerprint density at radius 2 is 1.86 bits per heavy atom. The lowest BCUT2D eigenvalue weighted by Gasteiger charge is -2.36. The maximum Gasteiger partial charge on any atom is 0.255 e. The van der Waals surface area contributed by atoms with E-state index in [0.717, 1.165) is 31.5 Å². The summed E-state index contributed by atoms with van der Waals surface area (Å²) in [7, 11) is 0. The van der Waals surface area contributed by atoms with Gasteiger partial charge in [0.05, 0.1) is 5.41 Å². The van der Waals surface area contributed by atoms with Crippen LogP contribution in [0.4, 0.5) is 0 Å². The molecule has 21 heavy (non-hydrogen) atoms. The van der Waals surface area contributed by atoms with Crippen LogP contribution in [-0.2, 0) is 12.0 Å². The second-order valence-electron chi connectivity index (χ2n) is 5.80. The molecule has 1 aliphatic carbocycles. The number of hydrogen-bond acceptors (Lipinski definition) is 3. The van der Waals surface area contributed by atoms with E-state index in [9.17, 15) is 4.79 Å². The predicted octanol–water partition coefficient (Wildman–Crippen LogP) is 2.48. The summed E-state index contributed by atoms with van der Waals surface area (Å²) >= 11 is 0. The molecule has 4 nitrogen and oxygen atoms in total. The number of H-pyrrole nitrogens is 1. The van der Waals surface area contributed by atoms with Gasteiger partial charge >= 0.3 is 0 Å². The summed E-state index contributed by atoms with van der Waals surface area (Å²) < 4.78 is 0. The Hall–Kier alpha value is -1.94. The molecule has 4 heteroatoms. The SMILES string of the molecule is NCc1cnc(C2(c3ccccc3)CCCCC2)[nH]c1=O. The van der Waals surface area contributed by atoms with Gasteiger partial charge in [0.15, 0.2) is 0 Å². The molecule has 1 saturated carbocycles. The van der Waals surface area contributed by atoms with Crippen molar-refractivity contribution in [2.24, 2.45) is 5.73 Å². The number of benzene rings is 1. The second kappa shape index (κ2) is 5.82. The van der Waals surface area contributed by atoms with Crippen LogP contribution in [0.1, 0.15) is 49.1 Å². The van der Waals surface area contributed by atoms with Gasteiger partial charge in [-0.3, -0.25) is 4.79 Å². The summed E-state index contributed by atoms with van der Waals surface area (Å²) in [5.41, 5.74) is 7.08. The Kier molecular flexibility index (Phi) is 3.88. The topological polar surface area (TPSA) is 71.8 Å². The minimum absolute atomic E-state index is 0.108. The van der Waals surface area contributed by atoms with E-state index < -0.39 is 0 Å². The first-order chi connectivity index (χ1) is 10.3. The normalized spacial score (nSPS) is 17.6.